The number of amides is 2. The van der Waals surface area contributed by atoms with Gasteiger partial charge in [0.25, 0.3) is 5.91 Å². The van der Waals surface area contributed by atoms with Gasteiger partial charge in [0.2, 0.25) is 5.91 Å². The molecule has 1 aliphatic heterocycles. The highest BCUT2D eigenvalue weighted by atomic mass is 19.4. The van der Waals surface area contributed by atoms with Crippen LogP contribution in [0.4, 0.5) is 23.2 Å². The second-order valence-electron chi connectivity index (χ2n) is 5.90. The zero-order valence-electron chi connectivity index (χ0n) is 13.4. The molecule has 0 saturated carbocycles. The average Bonchev–Trinajstić information content (AvgIpc) is 2.95. The topological polar surface area (TPSA) is 49.4 Å². The number of nitrogens with zero attached hydrogens (tertiary/aromatic N) is 1. The van der Waals surface area contributed by atoms with Crippen LogP contribution < -0.4 is 10.2 Å². The van der Waals surface area contributed by atoms with Gasteiger partial charge in [-0.15, -0.1) is 0 Å². The summed E-state index contributed by atoms with van der Waals surface area (Å²) in [7, 11) is 0. The Balaban J connectivity index is 1.74. The van der Waals surface area contributed by atoms with Gasteiger partial charge in [0.05, 0.1) is 17.2 Å². The maximum atomic E-state index is 13.0. The van der Waals surface area contributed by atoms with Crippen molar-refractivity contribution in [2.24, 2.45) is 0 Å². The third kappa shape index (κ3) is 3.68. The van der Waals surface area contributed by atoms with Gasteiger partial charge in [-0.3, -0.25) is 9.59 Å². The first-order valence-corrected chi connectivity index (χ1v) is 7.79. The van der Waals surface area contributed by atoms with E-state index in [2.05, 4.69) is 5.32 Å². The molecule has 0 radical (unpaired) electrons. The minimum atomic E-state index is -4.65. The molecule has 1 saturated heterocycles. The molecule has 0 spiro atoms. The maximum Gasteiger partial charge on any atom is 0.417 e. The van der Waals surface area contributed by atoms with E-state index < -0.39 is 35.1 Å². The molecule has 26 heavy (non-hydrogen) atoms. The van der Waals surface area contributed by atoms with Crippen LogP contribution in [0.5, 0.6) is 0 Å². The smallest absolute Gasteiger partial charge is 0.347 e. The molecule has 136 valence electrons. The van der Waals surface area contributed by atoms with Crippen molar-refractivity contribution in [3.63, 3.8) is 0 Å². The van der Waals surface area contributed by atoms with Crippen molar-refractivity contribution < 1.29 is 27.2 Å². The standard InChI is InChI=1S/C18H14F4N2O2/c19-11-5-7-13(8-6-11)24-10-12(9-16(24)25)23-17(26)14-3-1-2-4-15(14)18(20,21)22/h1-8,12H,9-10H2,(H,23,26). The first-order chi connectivity index (χ1) is 12.3. The fourth-order valence-corrected chi connectivity index (χ4v) is 2.87. The highest BCUT2D eigenvalue weighted by molar-refractivity contribution is 5.99. The number of nitrogens with one attached hydrogen (secondary N) is 1. The van der Waals surface area contributed by atoms with E-state index in [-0.39, 0.29) is 18.9 Å². The first kappa shape index (κ1) is 17.9. The molecular formula is C18H14F4N2O2. The Labute approximate surface area is 146 Å². The minimum absolute atomic E-state index is 0.0443. The lowest BCUT2D eigenvalue weighted by Crippen LogP contribution is -2.38. The van der Waals surface area contributed by atoms with E-state index in [0.717, 1.165) is 12.1 Å². The summed E-state index contributed by atoms with van der Waals surface area (Å²) in [6.07, 6.45) is -4.70. The summed E-state index contributed by atoms with van der Waals surface area (Å²) >= 11 is 0. The Bertz CT molecular complexity index is 834. The Morgan fingerprint density at radius 2 is 1.73 bits per heavy atom. The van der Waals surface area contributed by atoms with Crippen molar-refractivity contribution >= 4 is 17.5 Å². The molecule has 3 rings (SSSR count). The van der Waals surface area contributed by atoms with E-state index in [0.29, 0.717) is 5.69 Å². The van der Waals surface area contributed by atoms with Gasteiger partial charge in [-0.05, 0) is 36.4 Å². The van der Waals surface area contributed by atoms with Gasteiger partial charge in [-0.2, -0.15) is 13.2 Å². The molecule has 0 bridgehead atoms. The Morgan fingerprint density at radius 3 is 2.38 bits per heavy atom. The van der Waals surface area contributed by atoms with Gasteiger partial charge in [0.15, 0.2) is 0 Å². The normalized spacial score (nSPS) is 17.5. The number of carbonyl (C=O) groups excluding carboxylic acids is 2. The van der Waals surface area contributed by atoms with Crippen LogP contribution in [0, 0.1) is 5.82 Å². The molecule has 2 amide bonds. The molecule has 1 atom stereocenters. The average molecular weight is 366 g/mol. The van der Waals surface area contributed by atoms with Gasteiger partial charge in [-0.1, -0.05) is 12.1 Å². The first-order valence-electron chi connectivity index (χ1n) is 7.79. The van der Waals surface area contributed by atoms with Gasteiger partial charge < -0.3 is 10.2 Å². The van der Waals surface area contributed by atoms with Crippen LogP contribution in [0.2, 0.25) is 0 Å². The number of anilines is 1. The van der Waals surface area contributed by atoms with E-state index in [1.54, 1.807) is 0 Å². The summed E-state index contributed by atoms with van der Waals surface area (Å²) in [5.74, 6) is -1.64. The second kappa shape index (κ2) is 6.78. The summed E-state index contributed by atoms with van der Waals surface area (Å²) in [6.45, 7) is 0.102. The molecule has 8 heteroatoms. The van der Waals surface area contributed by atoms with Crippen molar-refractivity contribution in [1.82, 2.24) is 5.32 Å². The van der Waals surface area contributed by atoms with E-state index in [9.17, 15) is 27.2 Å². The van der Waals surface area contributed by atoms with E-state index >= 15 is 0 Å². The van der Waals surface area contributed by atoms with Gasteiger partial charge in [0.1, 0.15) is 5.82 Å². The second-order valence-corrected chi connectivity index (χ2v) is 5.90. The lowest BCUT2D eigenvalue weighted by Gasteiger charge is -2.18. The zero-order valence-corrected chi connectivity index (χ0v) is 13.4. The molecule has 4 nitrogen and oxygen atoms in total. The molecule has 1 heterocycles. The summed E-state index contributed by atoms with van der Waals surface area (Å²) < 4.78 is 52.1. The Hall–Kier alpha value is -2.90. The van der Waals surface area contributed by atoms with E-state index in [4.69, 9.17) is 0 Å². The minimum Gasteiger partial charge on any atom is -0.347 e. The number of hydrogen-bond donors (Lipinski definition) is 1. The molecule has 0 aliphatic carbocycles. The van der Waals surface area contributed by atoms with Crippen molar-refractivity contribution in [2.45, 2.75) is 18.6 Å². The number of carbonyl (C=O) groups is 2. The number of benzene rings is 2. The molecular weight excluding hydrogens is 352 g/mol. The van der Waals surface area contributed by atoms with Crippen LogP contribution in [-0.2, 0) is 11.0 Å². The predicted molar refractivity (Wildman–Crippen MR) is 86.1 cm³/mol. The summed E-state index contributed by atoms with van der Waals surface area (Å²) in [5.41, 5.74) is -1.06. The third-order valence-corrected chi connectivity index (χ3v) is 4.08. The number of halogens is 4. The molecule has 2 aromatic rings. The number of rotatable bonds is 3. The molecule has 2 aromatic carbocycles. The summed E-state index contributed by atoms with van der Waals surface area (Å²) in [6, 6.07) is 9.09. The number of alkyl halides is 3. The molecule has 1 fully saturated rings. The van der Waals surface area contributed by atoms with Crippen molar-refractivity contribution in [3.05, 3.63) is 65.5 Å². The van der Waals surface area contributed by atoms with Crippen LogP contribution in [-0.4, -0.2) is 24.4 Å². The predicted octanol–water partition coefficient (Wildman–Crippen LogP) is 3.38. The summed E-state index contributed by atoms with van der Waals surface area (Å²) in [5, 5.41) is 2.47. The van der Waals surface area contributed by atoms with Crippen LogP contribution in [0.3, 0.4) is 0 Å². The maximum absolute atomic E-state index is 13.0. The van der Waals surface area contributed by atoms with Gasteiger partial charge in [0, 0.05) is 18.7 Å². The quantitative estimate of drug-likeness (QED) is 0.847. The summed E-state index contributed by atoms with van der Waals surface area (Å²) in [4.78, 5) is 25.7. The lowest BCUT2D eigenvalue weighted by atomic mass is 10.1. The van der Waals surface area contributed by atoms with Crippen LogP contribution in [0.25, 0.3) is 0 Å². The Kier molecular flexibility index (Phi) is 4.67. The van der Waals surface area contributed by atoms with Crippen LogP contribution in [0.1, 0.15) is 22.3 Å². The Morgan fingerprint density at radius 1 is 1.08 bits per heavy atom. The van der Waals surface area contributed by atoms with Crippen LogP contribution in [0.15, 0.2) is 48.5 Å². The molecule has 1 aliphatic rings. The molecule has 0 aromatic heterocycles. The highest BCUT2D eigenvalue weighted by Gasteiger charge is 2.36. The molecule has 1 unspecified atom stereocenters. The SMILES string of the molecule is O=C(NC1CC(=O)N(c2ccc(F)cc2)C1)c1ccccc1C(F)(F)F. The van der Waals surface area contributed by atoms with E-state index in [1.807, 2.05) is 0 Å². The van der Waals surface area contributed by atoms with E-state index in [1.165, 1.54) is 41.3 Å². The van der Waals surface area contributed by atoms with Crippen molar-refractivity contribution in [1.29, 1.82) is 0 Å². The molecule has 1 N–H and O–H groups in total. The monoisotopic (exact) mass is 366 g/mol. The highest BCUT2D eigenvalue weighted by Crippen LogP contribution is 2.32. The van der Waals surface area contributed by atoms with Gasteiger partial charge >= 0.3 is 6.18 Å². The van der Waals surface area contributed by atoms with Crippen molar-refractivity contribution in [3.8, 4) is 0 Å². The fraction of sp³-hybridized carbons (Fsp3) is 0.222. The largest absolute Gasteiger partial charge is 0.417 e. The zero-order chi connectivity index (χ0) is 18.9. The number of hydrogen-bond acceptors (Lipinski definition) is 2. The van der Waals surface area contributed by atoms with Gasteiger partial charge in [-0.25, -0.2) is 4.39 Å². The van der Waals surface area contributed by atoms with Crippen LogP contribution >= 0.6 is 0 Å². The van der Waals surface area contributed by atoms with Crippen molar-refractivity contribution in [2.75, 3.05) is 11.4 Å². The fourth-order valence-electron chi connectivity index (χ4n) is 2.87. The third-order valence-electron chi connectivity index (χ3n) is 4.08. The lowest BCUT2D eigenvalue weighted by molar-refractivity contribution is -0.138.